The number of rotatable bonds is 24. The number of ketones is 2. The first-order valence-corrected chi connectivity index (χ1v) is 23.0. The number of hydrogen-bond acceptors (Lipinski definition) is 8. The summed E-state index contributed by atoms with van der Waals surface area (Å²) >= 11 is 6.06. The number of carbonyl (C=O) groups excluding carboxylic acids is 8. The summed E-state index contributed by atoms with van der Waals surface area (Å²) in [6.45, 7) is 5.07. The van der Waals surface area contributed by atoms with Gasteiger partial charge < -0.3 is 31.6 Å². The molecule has 0 saturated carbocycles. The molecule has 1 aliphatic rings. The third-order valence-electron chi connectivity index (χ3n) is 11.6. The van der Waals surface area contributed by atoms with Crippen molar-refractivity contribution in [1.29, 1.82) is 0 Å². The van der Waals surface area contributed by atoms with Crippen molar-refractivity contribution in [2.24, 2.45) is 17.6 Å². The number of anilines is 2. The van der Waals surface area contributed by atoms with Crippen LogP contribution >= 0.6 is 11.6 Å². The monoisotopic (exact) mass is 943 g/mol. The number of fused-ring (bicyclic) bond motifs is 1. The first kappa shape index (κ1) is 50.0. The van der Waals surface area contributed by atoms with Crippen LogP contribution < -0.4 is 31.6 Å². The summed E-state index contributed by atoms with van der Waals surface area (Å²) in [5.41, 5.74) is 9.20. The van der Waals surface area contributed by atoms with Crippen molar-refractivity contribution in [3.05, 3.63) is 137 Å². The summed E-state index contributed by atoms with van der Waals surface area (Å²) in [4.78, 5) is 103. The predicted octanol–water partition coefficient (Wildman–Crippen LogP) is 6.09. The minimum absolute atomic E-state index is 0.146. The second-order valence-corrected chi connectivity index (χ2v) is 17.5. The smallest absolute Gasteiger partial charge is 0.312 e. The molecule has 1 unspecified atom stereocenters. The van der Waals surface area contributed by atoms with E-state index in [0.29, 0.717) is 66.1 Å². The zero-order valence-corrected chi connectivity index (χ0v) is 38.8. The number of urea groups is 1. The second-order valence-electron chi connectivity index (χ2n) is 17.1. The van der Waals surface area contributed by atoms with E-state index in [9.17, 15) is 38.4 Å². The lowest BCUT2D eigenvalue weighted by Crippen LogP contribution is -2.45. The SMILES string of the molecule is CC(C)C(NC(=O)CCCCCN1C(=O)C=CC1=O)C(=O)C[C@@H](CCCNC(N)=O)C(=O)Nc1ccc(C[n+]2ccc(NC(=O)C(=O)c3cn(Cc4ccc(Cl)cc4)c4ccccc34)cc2)cc1. The average molecular weight is 945 g/mol. The zero-order chi connectivity index (χ0) is 48.7. The molecule has 0 fully saturated rings. The summed E-state index contributed by atoms with van der Waals surface area (Å²) in [7, 11) is 0. The van der Waals surface area contributed by atoms with Gasteiger partial charge in [0.15, 0.2) is 24.7 Å². The maximum atomic E-state index is 13.7. The highest BCUT2D eigenvalue weighted by Crippen LogP contribution is 2.25. The van der Waals surface area contributed by atoms with E-state index in [0.717, 1.165) is 21.5 Å². The van der Waals surface area contributed by atoms with Crippen molar-refractivity contribution in [1.82, 2.24) is 20.1 Å². The maximum absolute atomic E-state index is 13.7. The van der Waals surface area contributed by atoms with Crippen molar-refractivity contribution >= 4 is 81.0 Å². The number of benzene rings is 3. The molecular formula is C51H56ClN8O8+. The second kappa shape index (κ2) is 23.8. The molecule has 3 aromatic carbocycles. The third-order valence-corrected chi connectivity index (χ3v) is 11.9. The first-order chi connectivity index (χ1) is 32.6. The summed E-state index contributed by atoms with van der Waals surface area (Å²) in [6.07, 6.45) is 10.0. The van der Waals surface area contributed by atoms with Crippen molar-refractivity contribution in [3.8, 4) is 0 Å². The Morgan fingerprint density at radius 2 is 1.43 bits per heavy atom. The minimum atomic E-state index is -0.830. The number of nitrogens with two attached hydrogens (primary N) is 1. The molecule has 6 rings (SSSR count). The number of Topliss-reactive ketones (excluding diaryl/α,β-unsaturated/α-hetero) is 2. The molecule has 7 amide bonds. The number of hydrogen-bond donors (Lipinski definition) is 5. The van der Waals surface area contributed by atoms with Crippen LogP contribution in [0.15, 0.2) is 116 Å². The van der Waals surface area contributed by atoms with Gasteiger partial charge in [-0.25, -0.2) is 9.36 Å². The van der Waals surface area contributed by atoms with Gasteiger partial charge in [0.25, 0.3) is 23.5 Å². The van der Waals surface area contributed by atoms with Crippen LogP contribution in [0, 0.1) is 11.8 Å². The molecule has 17 heteroatoms. The minimum Gasteiger partial charge on any atom is -0.352 e. The number of primary amides is 1. The maximum Gasteiger partial charge on any atom is 0.312 e. The van der Waals surface area contributed by atoms with E-state index in [2.05, 4.69) is 21.3 Å². The van der Waals surface area contributed by atoms with Crippen molar-refractivity contribution in [2.75, 3.05) is 23.7 Å². The number of pyridine rings is 1. The van der Waals surface area contributed by atoms with Crippen LogP contribution in [0.2, 0.25) is 5.02 Å². The van der Waals surface area contributed by atoms with Gasteiger partial charge in [-0.2, -0.15) is 0 Å². The van der Waals surface area contributed by atoms with E-state index < -0.39 is 35.6 Å². The molecule has 2 aromatic heterocycles. The molecule has 0 aliphatic carbocycles. The Hall–Kier alpha value is -7.46. The van der Waals surface area contributed by atoms with Gasteiger partial charge in [-0.05, 0) is 67.5 Å². The summed E-state index contributed by atoms with van der Waals surface area (Å²) in [5.74, 6) is -4.14. The lowest BCUT2D eigenvalue weighted by molar-refractivity contribution is -0.688. The van der Waals surface area contributed by atoms with Gasteiger partial charge in [0.05, 0.1) is 17.3 Å². The van der Waals surface area contributed by atoms with Gasteiger partial charge in [0.1, 0.15) is 0 Å². The van der Waals surface area contributed by atoms with Crippen LogP contribution in [-0.4, -0.2) is 75.7 Å². The molecule has 1 aliphatic heterocycles. The first-order valence-electron chi connectivity index (χ1n) is 22.6. The van der Waals surface area contributed by atoms with Gasteiger partial charge in [-0.3, -0.25) is 38.5 Å². The normalized spacial score (nSPS) is 13.1. The van der Waals surface area contributed by atoms with Gasteiger partial charge in [-0.15, -0.1) is 0 Å². The van der Waals surface area contributed by atoms with E-state index in [1.807, 2.05) is 83.6 Å². The fraction of sp³-hybridized carbons (Fsp3) is 0.314. The molecule has 354 valence electrons. The van der Waals surface area contributed by atoms with Crippen LogP contribution in [0.5, 0.6) is 0 Å². The molecule has 6 N–H and O–H groups in total. The molecule has 0 bridgehead atoms. The molecule has 3 heterocycles. The average Bonchev–Trinajstić information content (AvgIpc) is 3.85. The largest absolute Gasteiger partial charge is 0.352 e. The summed E-state index contributed by atoms with van der Waals surface area (Å²) in [6, 6.07) is 24.0. The zero-order valence-electron chi connectivity index (χ0n) is 38.0. The van der Waals surface area contributed by atoms with Crippen molar-refractivity contribution in [3.63, 3.8) is 0 Å². The number of unbranched alkanes of at least 4 members (excludes halogenated alkanes) is 2. The van der Waals surface area contributed by atoms with Gasteiger partial charge >= 0.3 is 6.03 Å². The van der Waals surface area contributed by atoms with Crippen LogP contribution in [0.25, 0.3) is 10.9 Å². The lowest BCUT2D eigenvalue weighted by atomic mass is 9.89. The number of halogens is 1. The Bertz CT molecular complexity index is 2660. The lowest BCUT2D eigenvalue weighted by Gasteiger charge is -2.24. The number of para-hydroxylation sites is 1. The van der Waals surface area contributed by atoms with Crippen LogP contribution in [0.1, 0.15) is 80.3 Å². The van der Waals surface area contributed by atoms with Crippen molar-refractivity contribution < 1.29 is 42.9 Å². The number of imide groups is 1. The van der Waals surface area contributed by atoms with E-state index in [1.165, 1.54) is 12.2 Å². The van der Waals surface area contributed by atoms with Gasteiger partial charge in [-0.1, -0.05) is 74.3 Å². The molecule has 0 saturated heterocycles. The Kier molecular flexibility index (Phi) is 17.5. The number of amides is 7. The van der Waals surface area contributed by atoms with E-state index in [-0.39, 0.29) is 61.8 Å². The van der Waals surface area contributed by atoms with E-state index in [1.54, 1.807) is 42.9 Å². The van der Waals surface area contributed by atoms with Crippen LogP contribution in [0.3, 0.4) is 0 Å². The van der Waals surface area contributed by atoms with Gasteiger partial charge in [0, 0.05) is 96.1 Å². The number of carbonyl (C=O) groups is 8. The quantitative estimate of drug-likeness (QED) is 0.0160. The van der Waals surface area contributed by atoms with Crippen LogP contribution in [-0.2, 0) is 41.9 Å². The highest BCUT2D eigenvalue weighted by atomic mass is 35.5. The molecule has 0 radical (unpaired) electrons. The molecule has 2 atom stereocenters. The Morgan fingerprint density at radius 3 is 2.10 bits per heavy atom. The summed E-state index contributed by atoms with van der Waals surface area (Å²) in [5, 5.41) is 12.3. The third kappa shape index (κ3) is 14.0. The summed E-state index contributed by atoms with van der Waals surface area (Å²) < 4.78 is 3.83. The topological polar surface area (TPSA) is 223 Å². The molecule has 68 heavy (non-hydrogen) atoms. The molecular weight excluding hydrogens is 888 g/mol. The Labute approximate surface area is 399 Å². The Balaban J connectivity index is 1.00. The van der Waals surface area contributed by atoms with E-state index in [4.69, 9.17) is 17.3 Å². The predicted molar refractivity (Wildman–Crippen MR) is 257 cm³/mol. The van der Waals surface area contributed by atoms with Gasteiger partial charge in [0.2, 0.25) is 11.8 Å². The van der Waals surface area contributed by atoms with Crippen molar-refractivity contribution in [2.45, 2.75) is 77.9 Å². The fourth-order valence-corrected chi connectivity index (χ4v) is 8.08. The Morgan fingerprint density at radius 1 is 0.765 bits per heavy atom. The number of nitrogens with one attached hydrogen (secondary N) is 4. The number of aromatic nitrogens is 2. The standard InChI is InChI=1S/C51H55ClN8O8/c1-33(2)47(57-44(62)12-4-3-7-26-60-45(63)21-22-46(60)64)43(61)29-36(9-8-25-54-51(53)68)49(66)55-38-19-15-34(16-20-38)30-58-27-23-39(24-28-58)56-50(67)48(65)41-32-59(42-11-6-5-10-40(41)42)31-35-13-17-37(52)18-14-35/h5-6,10-11,13-24,27-28,32-33,36,47H,3-4,7-9,12,25-26,29-31H2,1-2H3,(H5,53,54,55,57,62,66,68)/p+1/t36-,47?/m1/s1. The molecule has 16 nitrogen and oxygen atoms in total. The molecule has 0 spiro atoms. The fourth-order valence-electron chi connectivity index (χ4n) is 7.95. The van der Waals surface area contributed by atoms with Crippen LogP contribution in [0.4, 0.5) is 16.2 Å². The number of nitrogens with zero attached hydrogens (tertiary/aromatic N) is 3. The highest BCUT2D eigenvalue weighted by molar-refractivity contribution is 6.48. The van der Waals surface area contributed by atoms with E-state index >= 15 is 0 Å². The molecule has 5 aromatic rings. The highest BCUT2D eigenvalue weighted by Gasteiger charge is 2.30.